The van der Waals surface area contributed by atoms with Crippen molar-refractivity contribution < 1.29 is 4.39 Å². The summed E-state index contributed by atoms with van der Waals surface area (Å²) < 4.78 is 15.3. The first kappa shape index (κ1) is 19.8. The first-order valence-electron chi connectivity index (χ1n) is 11.2. The molecule has 0 spiro atoms. The predicted molar refractivity (Wildman–Crippen MR) is 129 cm³/mol. The third kappa shape index (κ3) is 3.51. The normalized spacial score (nSPS) is 14.8. The van der Waals surface area contributed by atoms with Gasteiger partial charge in [0, 0.05) is 34.6 Å². The van der Waals surface area contributed by atoms with Crippen molar-refractivity contribution in [1.29, 1.82) is 0 Å². The molecule has 5 aromatic rings. The van der Waals surface area contributed by atoms with E-state index in [0.717, 1.165) is 46.5 Å². The molecule has 4 nitrogen and oxygen atoms in total. The van der Waals surface area contributed by atoms with Gasteiger partial charge in [-0.05, 0) is 54.7 Å². The molecule has 1 saturated carbocycles. The molecule has 0 amide bonds. The Labute approximate surface area is 191 Å². The van der Waals surface area contributed by atoms with Gasteiger partial charge in [-0.15, -0.1) is 0 Å². The van der Waals surface area contributed by atoms with Crippen molar-refractivity contribution in [2.24, 2.45) is 5.73 Å². The smallest absolute Gasteiger partial charge is 0.234 e. The van der Waals surface area contributed by atoms with Gasteiger partial charge in [0.1, 0.15) is 5.82 Å². The maximum absolute atomic E-state index is 13.4. The Morgan fingerprint density at radius 1 is 0.758 bits per heavy atom. The monoisotopic (exact) mass is 434 g/mol. The molecule has 0 aliphatic heterocycles. The molecule has 6 rings (SSSR count). The number of nitrogens with zero attached hydrogens (tertiary/aromatic N) is 3. The molecule has 2 aromatic heterocycles. The third-order valence-corrected chi connectivity index (χ3v) is 6.65. The van der Waals surface area contributed by atoms with Crippen LogP contribution in [0.2, 0.25) is 0 Å². The van der Waals surface area contributed by atoms with E-state index in [0.29, 0.717) is 5.78 Å². The summed E-state index contributed by atoms with van der Waals surface area (Å²) in [4.78, 5) is 9.68. The number of aromatic nitrogens is 3. The van der Waals surface area contributed by atoms with Gasteiger partial charge in [0.25, 0.3) is 0 Å². The zero-order chi connectivity index (χ0) is 22.4. The Kier molecular flexibility index (Phi) is 4.59. The van der Waals surface area contributed by atoms with Crippen LogP contribution in [0.5, 0.6) is 0 Å². The highest BCUT2D eigenvalue weighted by atomic mass is 19.1. The summed E-state index contributed by atoms with van der Waals surface area (Å²) in [6.45, 7) is 0. The van der Waals surface area contributed by atoms with E-state index in [1.54, 1.807) is 12.1 Å². The minimum Gasteiger partial charge on any atom is -0.321 e. The van der Waals surface area contributed by atoms with Crippen LogP contribution in [0.4, 0.5) is 4.39 Å². The SMILES string of the molecule is NC1(c2ccc(-c3nc4nc(-c5ccc(F)cc5)cn4cc3-c3ccccc3)cc2)CCC1. The molecule has 162 valence electrons. The van der Waals surface area contributed by atoms with Gasteiger partial charge in [-0.25, -0.2) is 14.4 Å². The molecule has 0 bridgehead atoms. The molecule has 0 saturated heterocycles. The number of rotatable bonds is 4. The first-order valence-corrected chi connectivity index (χ1v) is 11.2. The van der Waals surface area contributed by atoms with E-state index in [1.165, 1.54) is 24.1 Å². The van der Waals surface area contributed by atoms with Gasteiger partial charge in [-0.3, -0.25) is 4.40 Å². The fourth-order valence-electron chi connectivity index (χ4n) is 4.54. The van der Waals surface area contributed by atoms with E-state index >= 15 is 0 Å². The highest BCUT2D eigenvalue weighted by Gasteiger charge is 2.34. The summed E-state index contributed by atoms with van der Waals surface area (Å²) >= 11 is 0. The third-order valence-electron chi connectivity index (χ3n) is 6.65. The number of imidazole rings is 1. The lowest BCUT2D eigenvalue weighted by molar-refractivity contribution is 0.253. The van der Waals surface area contributed by atoms with E-state index in [4.69, 9.17) is 15.7 Å². The van der Waals surface area contributed by atoms with Crippen molar-refractivity contribution in [2.45, 2.75) is 24.8 Å². The van der Waals surface area contributed by atoms with Crippen LogP contribution in [0.25, 0.3) is 39.4 Å². The number of fused-ring (bicyclic) bond motifs is 1. The average Bonchev–Trinajstić information content (AvgIpc) is 3.26. The van der Waals surface area contributed by atoms with Gasteiger partial charge in [0.2, 0.25) is 5.78 Å². The van der Waals surface area contributed by atoms with Crippen LogP contribution in [-0.4, -0.2) is 14.4 Å². The fraction of sp³-hybridized carbons (Fsp3) is 0.143. The van der Waals surface area contributed by atoms with E-state index in [1.807, 2.05) is 28.8 Å². The molecular formula is C28H23FN4. The summed E-state index contributed by atoms with van der Waals surface area (Å²) in [5, 5.41) is 0. The highest BCUT2D eigenvalue weighted by molar-refractivity contribution is 5.81. The molecule has 0 unspecified atom stereocenters. The maximum Gasteiger partial charge on any atom is 0.234 e. The zero-order valence-corrected chi connectivity index (χ0v) is 18.1. The van der Waals surface area contributed by atoms with Crippen LogP contribution < -0.4 is 5.73 Å². The van der Waals surface area contributed by atoms with Gasteiger partial charge in [0.15, 0.2) is 0 Å². The number of hydrogen-bond donors (Lipinski definition) is 1. The summed E-state index contributed by atoms with van der Waals surface area (Å²) in [7, 11) is 0. The second-order valence-corrected chi connectivity index (χ2v) is 8.80. The summed E-state index contributed by atoms with van der Waals surface area (Å²) in [6, 6.07) is 25.1. The molecule has 2 heterocycles. The second kappa shape index (κ2) is 7.64. The van der Waals surface area contributed by atoms with Gasteiger partial charge in [0.05, 0.1) is 11.4 Å². The molecule has 1 fully saturated rings. The fourth-order valence-corrected chi connectivity index (χ4v) is 4.54. The Bertz CT molecular complexity index is 1430. The number of nitrogens with two attached hydrogens (primary N) is 1. The largest absolute Gasteiger partial charge is 0.321 e. The average molecular weight is 435 g/mol. The topological polar surface area (TPSA) is 56.2 Å². The number of benzene rings is 3. The molecule has 2 N–H and O–H groups in total. The Hall–Kier alpha value is -3.83. The molecule has 5 heteroatoms. The quantitative estimate of drug-likeness (QED) is 0.366. The van der Waals surface area contributed by atoms with E-state index < -0.39 is 0 Å². The van der Waals surface area contributed by atoms with E-state index in [-0.39, 0.29) is 11.4 Å². The second-order valence-electron chi connectivity index (χ2n) is 8.80. The zero-order valence-electron chi connectivity index (χ0n) is 18.1. The van der Waals surface area contributed by atoms with Crippen LogP contribution in [0.15, 0.2) is 91.3 Å². The minimum absolute atomic E-state index is 0.189. The van der Waals surface area contributed by atoms with Gasteiger partial charge in [-0.2, -0.15) is 0 Å². The van der Waals surface area contributed by atoms with Crippen LogP contribution in [0, 0.1) is 5.82 Å². The highest BCUT2D eigenvalue weighted by Crippen LogP contribution is 2.40. The van der Waals surface area contributed by atoms with Crippen molar-refractivity contribution in [1.82, 2.24) is 14.4 Å². The van der Waals surface area contributed by atoms with Crippen molar-refractivity contribution in [3.8, 4) is 33.6 Å². The summed E-state index contributed by atoms with van der Waals surface area (Å²) in [5.74, 6) is 0.335. The van der Waals surface area contributed by atoms with Crippen molar-refractivity contribution >= 4 is 5.78 Å². The van der Waals surface area contributed by atoms with Crippen LogP contribution in [0.1, 0.15) is 24.8 Å². The van der Waals surface area contributed by atoms with E-state index in [2.05, 4.69) is 42.6 Å². The van der Waals surface area contributed by atoms with Crippen LogP contribution >= 0.6 is 0 Å². The lowest BCUT2D eigenvalue weighted by Gasteiger charge is -2.38. The lowest BCUT2D eigenvalue weighted by atomic mass is 9.72. The van der Waals surface area contributed by atoms with Crippen molar-refractivity contribution in [3.05, 3.63) is 103 Å². The maximum atomic E-state index is 13.4. The first-order chi connectivity index (χ1) is 16.1. The van der Waals surface area contributed by atoms with Gasteiger partial charge < -0.3 is 5.73 Å². The molecule has 3 aromatic carbocycles. The van der Waals surface area contributed by atoms with Crippen LogP contribution in [0.3, 0.4) is 0 Å². The number of halogens is 1. The Balaban J connectivity index is 1.49. The minimum atomic E-state index is -0.265. The standard InChI is InChI=1S/C28H23FN4/c29-23-13-9-20(10-14-23)25-18-33-17-24(19-5-2-1-3-6-19)26(32-27(33)31-25)21-7-11-22(12-8-21)28(30)15-4-16-28/h1-3,5-14,17-18H,4,15-16,30H2. The molecule has 0 radical (unpaired) electrons. The van der Waals surface area contributed by atoms with Gasteiger partial charge >= 0.3 is 0 Å². The Morgan fingerprint density at radius 3 is 2.12 bits per heavy atom. The van der Waals surface area contributed by atoms with Crippen LogP contribution in [-0.2, 0) is 5.54 Å². The van der Waals surface area contributed by atoms with E-state index in [9.17, 15) is 4.39 Å². The number of hydrogen-bond acceptors (Lipinski definition) is 3. The molecule has 0 atom stereocenters. The Morgan fingerprint density at radius 2 is 1.45 bits per heavy atom. The molecule has 1 aliphatic carbocycles. The van der Waals surface area contributed by atoms with Gasteiger partial charge in [-0.1, -0.05) is 54.6 Å². The molecule has 1 aliphatic rings. The predicted octanol–water partition coefficient (Wildman–Crippen LogP) is 6.21. The van der Waals surface area contributed by atoms with Crippen molar-refractivity contribution in [2.75, 3.05) is 0 Å². The lowest BCUT2D eigenvalue weighted by Crippen LogP contribution is -2.43. The summed E-state index contributed by atoms with van der Waals surface area (Å²) in [5.41, 5.74) is 13.1. The van der Waals surface area contributed by atoms with Crippen molar-refractivity contribution in [3.63, 3.8) is 0 Å². The molecule has 33 heavy (non-hydrogen) atoms. The molecular weight excluding hydrogens is 411 g/mol. The summed E-state index contributed by atoms with van der Waals surface area (Å²) in [6.07, 6.45) is 7.25.